The summed E-state index contributed by atoms with van der Waals surface area (Å²) >= 11 is 0. The van der Waals surface area contributed by atoms with Gasteiger partial charge in [-0.15, -0.1) is 45.4 Å². The lowest BCUT2D eigenvalue weighted by molar-refractivity contribution is -0.176. The van der Waals surface area contributed by atoms with Crippen LogP contribution in [-0.4, -0.2) is 22.0 Å². The minimum absolute atomic E-state index is 0.145. The fraction of sp³-hybridized carbons (Fsp3) is 0.622. The van der Waals surface area contributed by atoms with Gasteiger partial charge in [-0.05, 0) is 139 Å². The fourth-order valence-electron chi connectivity index (χ4n) is 11.6. The van der Waals surface area contributed by atoms with Gasteiger partial charge in [0.25, 0.3) is 6.47 Å². The highest BCUT2D eigenvalue weighted by Crippen LogP contribution is 2.73. The molecule has 0 bridgehead atoms. The maximum atomic E-state index is 11.8. The highest BCUT2D eigenvalue weighted by Gasteiger charge is 2.64. The van der Waals surface area contributed by atoms with Crippen molar-refractivity contribution in [3.05, 3.63) is 61.7 Å². The van der Waals surface area contributed by atoms with Gasteiger partial charge in [0.2, 0.25) is 0 Å². The zero-order valence-corrected chi connectivity index (χ0v) is 33.9. The number of allylic oxidation sites excluding steroid dienone is 3. The first kappa shape index (κ1) is 47.0. The Morgan fingerprint density at radius 1 is 0.880 bits per heavy atom. The number of carbonyl (C=O) groups is 1. The van der Waals surface area contributed by atoms with Crippen molar-refractivity contribution in [3.8, 4) is 25.7 Å². The van der Waals surface area contributed by atoms with Crippen LogP contribution in [0.3, 0.4) is 0 Å². The summed E-state index contributed by atoms with van der Waals surface area (Å²) in [7, 11) is -1.05. The van der Waals surface area contributed by atoms with Gasteiger partial charge in [0.15, 0.2) is 0 Å². The molecule has 5 aliphatic carbocycles. The molecule has 1 aromatic rings. The normalized spacial score (nSPS) is 33.9. The molecule has 1 aromatic carbocycles. The van der Waals surface area contributed by atoms with Crippen LogP contribution in [0.5, 0.6) is 0 Å². The minimum atomic E-state index is -1.05. The Morgan fingerprint density at radius 2 is 1.46 bits per heavy atom. The van der Waals surface area contributed by atoms with Crippen LogP contribution in [0.1, 0.15) is 125 Å². The zero-order valence-electron chi connectivity index (χ0n) is 33.1. The molecule has 0 aromatic heterocycles. The predicted molar refractivity (Wildman–Crippen MR) is 221 cm³/mol. The highest BCUT2D eigenvalue weighted by atomic mass is 32.2. The van der Waals surface area contributed by atoms with E-state index in [1.54, 1.807) is 12.3 Å². The predicted octanol–water partition coefficient (Wildman–Crippen LogP) is 12.1. The van der Waals surface area contributed by atoms with Gasteiger partial charge in [-0.1, -0.05) is 79.2 Å². The van der Waals surface area contributed by atoms with Gasteiger partial charge in [0, 0.05) is 11.9 Å². The smallest absolute Gasteiger partial charge is 0.290 e. The summed E-state index contributed by atoms with van der Waals surface area (Å²) in [5, 5.41) is 6.89. The van der Waals surface area contributed by atoms with E-state index in [-0.39, 0.29) is 11.9 Å². The first-order valence-electron chi connectivity index (χ1n) is 18.5. The number of anilines is 1. The van der Waals surface area contributed by atoms with E-state index < -0.39 is 11.0 Å². The first-order valence-corrected chi connectivity index (χ1v) is 20.1. The van der Waals surface area contributed by atoms with Gasteiger partial charge < -0.3 is 9.83 Å². The molecule has 4 nitrogen and oxygen atoms in total. The molecule has 6 rings (SSSR count). The second kappa shape index (κ2) is 21.4. The molecule has 5 heteroatoms. The van der Waals surface area contributed by atoms with E-state index in [0.717, 1.165) is 35.3 Å². The van der Waals surface area contributed by atoms with Crippen LogP contribution >= 0.6 is 0 Å². The summed E-state index contributed by atoms with van der Waals surface area (Å²) in [6.45, 7) is 28.1. The van der Waals surface area contributed by atoms with E-state index in [4.69, 9.17) is 9.90 Å². The van der Waals surface area contributed by atoms with Gasteiger partial charge in [-0.3, -0.25) is 4.79 Å². The van der Waals surface area contributed by atoms with Crippen molar-refractivity contribution in [3.63, 3.8) is 0 Å². The van der Waals surface area contributed by atoms with Crippen LogP contribution in [0.4, 0.5) is 5.69 Å². The van der Waals surface area contributed by atoms with E-state index >= 15 is 0 Å². The molecule has 4 saturated carbocycles. The Labute approximate surface area is 311 Å². The Hall–Kier alpha value is -3.02. The first-order chi connectivity index (χ1) is 23.8. The van der Waals surface area contributed by atoms with Gasteiger partial charge in [0.05, 0.1) is 0 Å². The monoisotopic (exact) mass is 706 g/mol. The molecular weight excluding hydrogens is 635 g/mol. The molecular formula is C45H71NO3S. The average molecular weight is 706 g/mol. The molecule has 5 aliphatic rings. The van der Waals surface area contributed by atoms with Crippen molar-refractivity contribution in [2.24, 2.45) is 51.2 Å². The number of carboxylic acid groups (broad SMARTS) is 1. The zero-order chi connectivity index (χ0) is 38.9. The molecule has 50 heavy (non-hydrogen) atoms. The Kier molecular flexibility index (Phi) is 20.1. The summed E-state index contributed by atoms with van der Waals surface area (Å²) < 4.78 is 14.9. The second-order valence-electron chi connectivity index (χ2n) is 15.4. The SMILES string of the molecule is C#C.C#C.C=C.C=CC.CC.CS(=O)Nc1cccc(C2=CC[C@@]3(C)C(CC[C@@]4(C)C5CC[C@@]6(C)CCCC6[C@H]5CCC43)C2(C)C)c1.O=CO. The summed E-state index contributed by atoms with van der Waals surface area (Å²) in [5.41, 5.74) is 5.49. The minimum Gasteiger partial charge on any atom is -0.483 e. The van der Waals surface area contributed by atoms with Crippen LogP contribution in [0, 0.1) is 76.9 Å². The second-order valence-corrected chi connectivity index (χ2v) is 16.5. The lowest BCUT2D eigenvalue weighted by Crippen LogP contribution is -2.60. The topological polar surface area (TPSA) is 66.4 Å². The third-order valence-corrected chi connectivity index (χ3v) is 13.5. The molecule has 2 N–H and O–H groups in total. The molecule has 280 valence electrons. The van der Waals surface area contributed by atoms with E-state index in [2.05, 4.69) is 109 Å². The number of rotatable bonds is 3. The largest absolute Gasteiger partial charge is 0.483 e. The van der Waals surface area contributed by atoms with E-state index in [1.165, 1.54) is 75.3 Å². The highest BCUT2D eigenvalue weighted by molar-refractivity contribution is 7.85. The van der Waals surface area contributed by atoms with E-state index in [9.17, 15) is 4.21 Å². The summed E-state index contributed by atoms with van der Waals surface area (Å²) in [5.74, 6) is 4.53. The van der Waals surface area contributed by atoms with Crippen molar-refractivity contribution in [1.82, 2.24) is 0 Å². The third-order valence-electron chi connectivity index (χ3n) is 13.0. The van der Waals surface area contributed by atoms with E-state index in [1.807, 2.05) is 26.8 Å². The number of benzene rings is 1. The van der Waals surface area contributed by atoms with Crippen molar-refractivity contribution in [1.29, 1.82) is 0 Å². The lowest BCUT2D eigenvalue weighted by atomic mass is 9.36. The van der Waals surface area contributed by atoms with Crippen LogP contribution in [0.2, 0.25) is 0 Å². The number of nitrogens with one attached hydrogen (secondary N) is 1. The maximum absolute atomic E-state index is 11.8. The maximum Gasteiger partial charge on any atom is 0.290 e. The molecule has 0 aliphatic heterocycles. The quantitative estimate of drug-likeness (QED) is 0.187. The Morgan fingerprint density at radius 3 is 2.02 bits per heavy atom. The fourth-order valence-corrected chi connectivity index (χ4v) is 12.0. The lowest BCUT2D eigenvalue weighted by Gasteiger charge is -2.68. The van der Waals surface area contributed by atoms with Crippen molar-refractivity contribution >= 4 is 28.7 Å². The average Bonchev–Trinajstić information content (AvgIpc) is 3.50. The summed E-state index contributed by atoms with van der Waals surface area (Å²) in [6.07, 6.45) is 36.5. The molecule has 0 spiro atoms. The Balaban J connectivity index is 0.00000152. The van der Waals surface area contributed by atoms with Gasteiger partial charge in [-0.25, -0.2) is 4.21 Å². The van der Waals surface area contributed by atoms with Crippen molar-refractivity contribution < 1.29 is 14.1 Å². The number of terminal acetylenes is 2. The summed E-state index contributed by atoms with van der Waals surface area (Å²) in [4.78, 5) is 8.36. The molecule has 0 radical (unpaired) electrons. The van der Waals surface area contributed by atoms with Gasteiger partial charge in [0.1, 0.15) is 11.0 Å². The number of fused-ring (bicyclic) bond motifs is 7. The van der Waals surface area contributed by atoms with Gasteiger partial charge in [-0.2, -0.15) is 0 Å². The number of hydrogen-bond acceptors (Lipinski definition) is 2. The Bertz CT molecular complexity index is 1280. The molecule has 0 saturated heterocycles. The standard InChI is InChI=1S/C33H49NOS.C3H6.C2H6.C2H4.2C2H2.CH2O2/c1-30(2)25(22-9-7-10-23(21-22)34-36(6)35)15-19-33(5)28(30)16-20-32(4)27-14-18-31(3)17-8-11-26(31)24(27)12-13-29(32)33;1-3-2;4*1-2;2-1-3/h7,9-10,15,21,24,26-29,34H,8,11-14,16-20H2,1-6H3;3H,1H2,2H3;1-2H3;1-2H2;2*1-2H;1H,(H,2,3)/t24-,26?,27?,28?,29?,31-,32+,33+,36?;;;;;;/m1....../s1. The van der Waals surface area contributed by atoms with Crippen molar-refractivity contribution in [2.45, 2.75) is 120 Å². The van der Waals surface area contributed by atoms with Crippen molar-refractivity contribution in [2.75, 3.05) is 11.0 Å². The summed E-state index contributed by atoms with van der Waals surface area (Å²) in [6, 6.07) is 8.64. The van der Waals surface area contributed by atoms with Gasteiger partial charge >= 0.3 is 0 Å². The molecule has 9 atom stereocenters. The molecule has 0 heterocycles. The van der Waals surface area contributed by atoms with E-state index in [0.29, 0.717) is 16.2 Å². The van der Waals surface area contributed by atoms with Crippen LogP contribution in [-0.2, 0) is 15.8 Å². The van der Waals surface area contributed by atoms with Crippen LogP contribution in [0.25, 0.3) is 5.57 Å². The number of hydrogen-bond donors (Lipinski definition) is 2. The molecule has 4 fully saturated rings. The van der Waals surface area contributed by atoms with Crippen LogP contribution in [0.15, 0.2) is 56.2 Å². The molecule has 0 amide bonds. The van der Waals surface area contributed by atoms with Crippen LogP contribution < -0.4 is 4.72 Å². The third kappa shape index (κ3) is 9.64. The molecule has 5 unspecified atom stereocenters.